The van der Waals surface area contributed by atoms with Gasteiger partial charge in [-0.05, 0) is 66.3 Å². The van der Waals surface area contributed by atoms with Gasteiger partial charge in [-0.1, -0.05) is 68.2 Å². The molecule has 0 bridgehead atoms. The SMILES string of the molecule is FCC=CCC[C@H]1CC[C@H](CCc2ccc(-c3ccc(C(F)(F)F)c(F)c3)cc2)CC1. The monoisotopic (exact) mass is 436 g/mol. The third-order valence-electron chi connectivity index (χ3n) is 6.37. The van der Waals surface area contributed by atoms with E-state index < -0.39 is 17.6 Å². The van der Waals surface area contributed by atoms with E-state index in [2.05, 4.69) is 0 Å². The first-order valence-corrected chi connectivity index (χ1v) is 11.0. The summed E-state index contributed by atoms with van der Waals surface area (Å²) >= 11 is 0. The summed E-state index contributed by atoms with van der Waals surface area (Å²) in [5.74, 6) is 0.230. The minimum absolute atomic E-state index is 0.380. The quantitative estimate of drug-likeness (QED) is 0.287. The second-order valence-corrected chi connectivity index (χ2v) is 8.52. The first-order valence-electron chi connectivity index (χ1n) is 11.0. The highest BCUT2D eigenvalue weighted by Gasteiger charge is 2.33. The molecule has 31 heavy (non-hydrogen) atoms. The highest BCUT2D eigenvalue weighted by atomic mass is 19.4. The fourth-order valence-electron chi connectivity index (χ4n) is 4.48. The fraction of sp³-hybridized carbons (Fsp3) is 0.462. The van der Waals surface area contributed by atoms with Crippen LogP contribution in [0.25, 0.3) is 11.1 Å². The maximum atomic E-state index is 13.8. The van der Waals surface area contributed by atoms with Crippen molar-refractivity contribution in [1.82, 2.24) is 0 Å². The maximum absolute atomic E-state index is 13.8. The zero-order chi connectivity index (χ0) is 22.3. The molecule has 3 rings (SSSR count). The number of hydrogen-bond acceptors (Lipinski definition) is 0. The lowest BCUT2D eigenvalue weighted by Crippen LogP contribution is -2.15. The van der Waals surface area contributed by atoms with Gasteiger partial charge in [0.05, 0.1) is 5.56 Å². The average molecular weight is 437 g/mol. The third-order valence-corrected chi connectivity index (χ3v) is 6.37. The second kappa shape index (κ2) is 10.9. The summed E-state index contributed by atoms with van der Waals surface area (Å²) in [7, 11) is 0. The van der Waals surface area contributed by atoms with Gasteiger partial charge in [-0.25, -0.2) is 8.78 Å². The van der Waals surface area contributed by atoms with Crippen LogP contribution in [-0.2, 0) is 12.6 Å². The molecule has 2 aromatic carbocycles. The number of allylic oxidation sites excluding steroid dienone is 2. The summed E-state index contributed by atoms with van der Waals surface area (Å²) in [5.41, 5.74) is 1.10. The van der Waals surface area contributed by atoms with Gasteiger partial charge >= 0.3 is 6.18 Å². The normalized spacial score (nSPS) is 19.8. The molecule has 0 spiro atoms. The second-order valence-electron chi connectivity index (χ2n) is 8.52. The summed E-state index contributed by atoms with van der Waals surface area (Å²) in [6.45, 7) is -0.380. The standard InChI is InChI=1S/C26H29F5/c27-17-3-1-2-4-19-5-7-20(8-6-19)9-10-21-11-13-22(14-12-21)23-15-16-24(25(28)18-23)26(29,30)31/h1,3,11-16,18-20H,2,4-10,17H2/t19-,20-. The van der Waals surface area contributed by atoms with Crippen molar-refractivity contribution >= 4 is 0 Å². The van der Waals surface area contributed by atoms with Crippen LogP contribution in [0.2, 0.25) is 0 Å². The van der Waals surface area contributed by atoms with Crippen LogP contribution in [0.15, 0.2) is 54.6 Å². The van der Waals surface area contributed by atoms with Crippen molar-refractivity contribution in [2.24, 2.45) is 11.8 Å². The van der Waals surface area contributed by atoms with Gasteiger partial charge in [0.15, 0.2) is 0 Å². The zero-order valence-electron chi connectivity index (χ0n) is 17.6. The van der Waals surface area contributed by atoms with Crippen molar-refractivity contribution in [1.29, 1.82) is 0 Å². The zero-order valence-corrected chi connectivity index (χ0v) is 17.6. The van der Waals surface area contributed by atoms with E-state index in [9.17, 15) is 22.0 Å². The lowest BCUT2D eigenvalue weighted by Gasteiger charge is -2.28. The van der Waals surface area contributed by atoms with E-state index in [1.165, 1.54) is 37.3 Å². The van der Waals surface area contributed by atoms with Gasteiger partial charge in [0.25, 0.3) is 0 Å². The molecule has 2 aromatic rings. The van der Waals surface area contributed by atoms with E-state index in [1.807, 2.05) is 30.3 Å². The van der Waals surface area contributed by atoms with Gasteiger partial charge in [-0.3, -0.25) is 0 Å². The first-order chi connectivity index (χ1) is 14.9. The van der Waals surface area contributed by atoms with Crippen molar-refractivity contribution in [2.45, 2.75) is 57.5 Å². The first kappa shape index (κ1) is 23.5. The number of hydrogen-bond donors (Lipinski definition) is 0. The van der Waals surface area contributed by atoms with Gasteiger partial charge in [0.2, 0.25) is 0 Å². The minimum atomic E-state index is -4.68. The van der Waals surface area contributed by atoms with Crippen LogP contribution in [0.1, 0.15) is 56.1 Å². The average Bonchev–Trinajstić information content (AvgIpc) is 2.75. The van der Waals surface area contributed by atoms with Crippen LogP contribution < -0.4 is 0 Å². The largest absolute Gasteiger partial charge is 0.419 e. The molecular weight excluding hydrogens is 407 g/mol. The van der Waals surface area contributed by atoms with Gasteiger partial charge in [0, 0.05) is 0 Å². The lowest BCUT2D eigenvalue weighted by atomic mass is 9.78. The van der Waals surface area contributed by atoms with Crippen LogP contribution in [0.4, 0.5) is 22.0 Å². The predicted octanol–water partition coefficient (Wildman–Crippen LogP) is 8.56. The minimum Gasteiger partial charge on any atom is -0.247 e. The number of aryl methyl sites for hydroxylation is 1. The van der Waals surface area contributed by atoms with E-state index in [0.29, 0.717) is 11.1 Å². The van der Waals surface area contributed by atoms with Crippen LogP contribution in [0, 0.1) is 17.7 Å². The summed E-state index contributed by atoms with van der Waals surface area (Å²) in [6.07, 6.45) is 8.01. The number of benzene rings is 2. The highest BCUT2D eigenvalue weighted by Crippen LogP contribution is 2.35. The Morgan fingerprint density at radius 1 is 0.806 bits per heavy atom. The molecule has 0 N–H and O–H groups in total. The van der Waals surface area contributed by atoms with Crippen molar-refractivity contribution in [3.05, 3.63) is 71.6 Å². The van der Waals surface area contributed by atoms with Gasteiger partial charge in [0.1, 0.15) is 12.5 Å². The Morgan fingerprint density at radius 3 is 2.00 bits per heavy atom. The Labute approximate surface area is 181 Å². The molecule has 0 aromatic heterocycles. The van der Waals surface area contributed by atoms with Crippen molar-refractivity contribution in [2.75, 3.05) is 6.67 Å². The molecule has 0 saturated heterocycles. The van der Waals surface area contributed by atoms with Crippen LogP contribution in [0.5, 0.6) is 0 Å². The molecule has 168 valence electrons. The van der Waals surface area contributed by atoms with Gasteiger partial charge in [-0.2, -0.15) is 13.2 Å². The van der Waals surface area contributed by atoms with Crippen LogP contribution in [-0.4, -0.2) is 6.67 Å². The van der Waals surface area contributed by atoms with Crippen LogP contribution in [0.3, 0.4) is 0 Å². The molecule has 0 amide bonds. The number of halogens is 5. The van der Waals surface area contributed by atoms with Gasteiger partial charge in [-0.15, -0.1) is 0 Å². The summed E-state index contributed by atoms with van der Waals surface area (Å²) in [6, 6.07) is 10.7. The molecule has 0 radical (unpaired) electrons. The lowest BCUT2D eigenvalue weighted by molar-refractivity contribution is -0.139. The molecule has 1 fully saturated rings. The molecule has 5 heteroatoms. The number of rotatable bonds is 8. The van der Waals surface area contributed by atoms with E-state index in [4.69, 9.17) is 0 Å². The molecule has 0 aliphatic heterocycles. The molecule has 0 nitrogen and oxygen atoms in total. The molecule has 1 saturated carbocycles. The Bertz CT molecular complexity index is 843. The Kier molecular flexibility index (Phi) is 8.28. The Balaban J connectivity index is 1.47. The smallest absolute Gasteiger partial charge is 0.247 e. The maximum Gasteiger partial charge on any atom is 0.419 e. The summed E-state index contributed by atoms with van der Waals surface area (Å²) < 4.78 is 64.1. The predicted molar refractivity (Wildman–Crippen MR) is 115 cm³/mol. The third kappa shape index (κ3) is 6.91. The van der Waals surface area contributed by atoms with E-state index in [0.717, 1.165) is 49.7 Å². The summed E-state index contributed by atoms with van der Waals surface area (Å²) in [5, 5.41) is 0. The number of alkyl halides is 4. The molecule has 1 aliphatic rings. The van der Waals surface area contributed by atoms with E-state index in [1.54, 1.807) is 6.08 Å². The van der Waals surface area contributed by atoms with Crippen molar-refractivity contribution < 1.29 is 22.0 Å². The Hall–Kier alpha value is -2.17. The molecular formula is C26H29F5. The van der Waals surface area contributed by atoms with Crippen LogP contribution >= 0.6 is 0 Å². The molecule has 0 heterocycles. The summed E-state index contributed by atoms with van der Waals surface area (Å²) in [4.78, 5) is 0. The topological polar surface area (TPSA) is 0 Å². The van der Waals surface area contributed by atoms with Crippen molar-refractivity contribution in [3.63, 3.8) is 0 Å². The fourth-order valence-corrected chi connectivity index (χ4v) is 4.48. The molecule has 0 unspecified atom stereocenters. The van der Waals surface area contributed by atoms with Gasteiger partial charge < -0.3 is 0 Å². The molecule has 0 atom stereocenters. The Morgan fingerprint density at radius 2 is 1.42 bits per heavy atom. The van der Waals surface area contributed by atoms with E-state index in [-0.39, 0.29) is 6.67 Å². The van der Waals surface area contributed by atoms with E-state index >= 15 is 0 Å². The highest BCUT2D eigenvalue weighted by molar-refractivity contribution is 5.64. The molecule has 1 aliphatic carbocycles. The van der Waals surface area contributed by atoms with Crippen molar-refractivity contribution in [3.8, 4) is 11.1 Å².